The van der Waals surface area contributed by atoms with E-state index in [1.54, 1.807) is 7.11 Å². The molecule has 0 N–H and O–H groups in total. The first-order valence-corrected chi connectivity index (χ1v) is 3.95. The minimum Gasteiger partial charge on any atom is -0.496 e. The van der Waals surface area contributed by atoms with Gasteiger partial charge in [-0.05, 0) is 24.1 Å². The van der Waals surface area contributed by atoms with Crippen molar-refractivity contribution in [3.63, 3.8) is 0 Å². The van der Waals surface area contributed by atoms with E-state index in [0.29, 0.717) is 6.54 Å². The summed E-state index contributed by atoms with van der Waals surface area (Å²) in [5, 5.41) is 0. The lowest BCUT2D eigenvalue weighted by atomic mass is 10.1. The summed E-state index contributed by atoms with van der Waals surface area (Å²) in [5.41, 5.74) is 2.01. The molecule has 0 heterocycles. The Balaban J connectivity index is 3.00. The predicted molar refractivity (Wildman–Crippen MR) is 49.6 cm³/mol. The zero-order valence-corrected chi connectivity index (χ0v) is 7.70. The lowest BCUT2D eigenvalue weighted by molar-refractivity contribution is 0.411. The second kappa shape index (κ2) is 4.43. The first-order chi connectivity index (χ1) is 6.29. The number of methoxy groups -OCH3 is 1. The fourth-order valence-electron chi connectivity index (χ4n) is 1.17. The Hall–Kier alpha value is -1.60. The van der Waals surface area contributed by atoms with Crippen molar-refractivity contribution in [2.45, 2.75) is 13.5 Å². The van der Waals surface area contributed by atoms with Crippen molar-refractivity contribution in [1.82, 2.24) is 0 Å². The van der Waals surface area contributed by atoms with Gasteiger partial charge in [-0.15, -0.1) is 0 Å². The van der Waals surface area contributed by atoms with Gasteiger partial charge in [0.2, 0.25) is 6.08 Å². The number of hydrogen-bond donors (Lipinski definition) is 0. The topological polar surface area (TPSA) is 38.7 Å². The molecule has 3 heteroatoms. The average molecular weight is 177 g/mol. The van der Waals surface area contributed by atoms with E-state index in [4.69, 9.17) is 4.74 Å². The van der Waals surface area contributed by atoms with Gasteiger partial charge in [-0.1, -0.05) is 12.1 Å². The van der Waals surface area contributed by atoms with Gasteiger partial charge in [0, 0.05) is 0 Å². The van der Waals surface area contributed by atoms with Crippen LogP contribution in [0.1, 0.15) is 11.1 Å². The highest BCUT2D eigenvalue weighted by atomic mass is 16.5. The zero-order valence-electron chi connectivity index (χ0n) is 7.70. The largest absolute Gasteiger partial charge is 0.496 e. The van der Waals surface area contributed by atoms with Crippen LogP contribution in [0.5, 0.6) is 5.75 Å². The van der Waals surface area contributed by atoms with Crippen LogP contribution >= 0.6 is 0 Å². The van der Waals surface area contributed by atoms with Crippen LogP contribution in [0.25, 0.3) is 0 Å². The van der Waals surface area contributed by atoms with Gasteiger partial charge >= 0.3 is 0 Å². The van der Waals surface area contributed by atoms with E-state index in [-0.39, 0.29) is 0 Å². The third-order valence-electron chi connectivity index (χ3n) is 1.93. The molecule has 0 saturated heterocycles. The van der Waals surface area contributed by atoms with E-state index in [1.165, 1.54) is 6.08 Å². The summed E-state index contributed by atoms with van der Waals surface area (Å²) in [4.78, 5) is 13.4. The van der Waals surface area contributed by atoms with Crippen molar-refractivity contribution in [2.75, 3.05) is 7.11 Å². The first kappa shape index (κ1) is 9.49. The molecule has 0 radical (unpaired) electrons. The summed E-state index contributed by atoms with van der Waals surface area (Å²) in [5.74, 6) is 0.818. The summed E-state index contributed by atoms with van der Waals surface area (Å²) in [6, 6.07) is 5.67. The summed E-state index contributed by atoms with van der Waals surface area (Å²) < 4.78 is 5.13. The number of ether oxygens (including phenoxy) is 1. The van der Waals surface area contributed by atoms with Gasteiger partial charge < -0.3 is 4.74 Å². The van der Waals surface area contributed by atoms with Gasteiger partial charge in [0.05, 0.1) is 13.7 Å². The molecule has 1 aromatic carbocycles. The smallest absolute Gasteiger partial charge is 0.235 e. The monoisotopic (exact) mass is 177 g/mol. The van der Waals surface area contributed by atoms with Crippen LogP contribution in [0.2, 0.25) is 0 Å². The van der Waals surface area contributed by atoms with Crippen molar-refractivity contribution in [3.8, 4) is 5.75 Å². The Morgan fingerprint density at radius 3 is 2.92 bits per heavy atom. The highest BCUT2D eigenvalue weighted by Gasteiger charge is 2.02. The molecule has 3 nitrogen and oxygen atoms in total. The first-order valence-electron chi connectivity index (χ1n) is 3.95. The van der Waals surface area contributed by atoms with Crippen LogP contribution < -0.4 is 4.74 Å². The fourth-order valence-corrected chi connectivity index (χ4v) is 1.17. The second-order valence-electron chi connectivity index (χ2n) is 2.65. The molecule has 1 rings (SSSR count). The van der Waals surface area contributed by atoms with E-state index in [2.05, 4.69) is 4.99 Å². The Morgan fingerprint density at radius 2 is 2.31 bits per heavy atom. The molecule has 13 heavy (non-hydrogen) atoms. The van der Waals surface area contributed by atoms with Crippen LogP contribution in [0.15, 0.2) is 23.2 Å². The molecule has 0 fully saturated rings. The molecule has 0 amide bonds. The van der Waals surface area contributed by atoms with Crippen LogP contribution in [0.3, 0.4) is 0 Å². The van der Waals surface area contributed by atoms with Gasteiger partial charge in [0.25, 0.3) is 0 Å². The number of hydrogen-bond acceptors (Lipinski definition) is 3. The van der Waals surface area contributed by atoms with Gasteiger partial charge in [-0.2, -0.15) is 0 Å². The zero-order chi connectivity index (χ0) is 9.68. The van der Waals surface area contributed by atoms with Crippen molar-refractivity contribution in [2.24, 2.45) is 4.99 Å². The molecule has 0 bridgehead atoms. The minimum absolute atomic E-state index is 0.368. The molecule has 0 unspecified atom stereocenters. The average Bonchev–Trinajstić information content (AvgIpc) is 2.16. The second-order valence-corrected chi connectivity index (χ2v) is 2.65. The van der Waals surface area contributed by atoms with E-state index < -0.39 is 0 Å². The summed E-state index contributed by atoms with van der Waals surface area (Å²) in [7, 11) is 1.62. The predicted octanol–water partition coefficient (Wildman–Crippen LogP) is 1.84. The Morgan fingerprint density at radius 1 is 1.54 bits per heavy atom. The molecule has 0 aliphatic carbocycles. The van der Waals surface area contributed by atoms with E-state index >= 15 is 0 Å². The Labute approximate surface area is 77.1 Å². The van der Waals surface area contributed by atoms with E-state index in [9.17, 15) is 4.79 Å². The van der Waals surface area contributed by atoms with Crippen molar-refractivity contribution in [1.29, 1.82) is 0 Å². The van der Waals surface area contributed by atoms with Crippen LogP contribution in [0.4, 0.5) is 0 Å². The minimum atomic E-state index is 0.368. The molecule has 1 aromatic rings. The highest BCUT2D eigenvalue weighted by molar-refractivity contribution is 5.40. The molecule has 0 aliphatic rings. The maximum Gasteiger partial charge on any atom is 0.235 e. The summed E-state index contributed by atoms with van der Waals surface area (Å²) in [6.45, 7) is 2.31. The maximum atomic E-state index is 9.92. The molecular weight excluding hydrogens is 166 g/mol. The van der Waals surface area contributed by atoms with Crippen LogP contribution in [0, 0.1) is 6.92 Å². The summed E-state index contributed by atoms with van der Waals surface area (Å²) in [6.07, 6.45) is 1.52. The normalized spacial score (nSPS) is 9.08. The molecule has 0 aliphatic heterocycles. The molecule has 0 aromatic heterocycles. The maximum absolute atomic E-state index is 9.92. The lowest BCUT2D eigenvalue weighted by Crippen LogP contribution is -1.92. The van der Waals surface area contributed by atoms with Crippen molar-refractivity contribution < 1.29 is 9.53 Å². The van der Waals surface area contributed by atoms with Gasteiger partial charge in [-0.3, -0.25) is 0 Å². The number of benzene rings is 1. The van der Waals surface area contributed by atoms with Crippen LogP contribution in [-0.4, -0.2) is 13.2 Å². The molecule has 68 valence electrons. The number of carbonyl (C=O) groups excluding carboxylic acids is 1. The SMILES string of the molecule is COc1cccc(CN=C=O)c1C. The van der Waals surface area contributed by atoms with Crippen LogP contribution in [-0.2, 0) is 11.3 Å². The quantitative estimate of drug-likeness (QED) is 0.522. The number of rotatable bonds is 3. The van der Waals surface area contributed by atoms with Gasteiger partial charge in [-0.25, -0.2) is 9.79 Å². The number of nitrogens with zero attached hydrogens (tertiary/aromatic N) is 1. The number of isocyanates is 1. The molecular formula is C10H11NO2. The van der Waals surface area contributed by atoms with E-state index in [1.807, 2.05) is 25.1 Å². The number of aliphatic imine (C=N–C) groups is 1. The van der Waals surface area contributed by atoms with E-state index in [0.717, 1.165) is 16.9 Å². The lowest BCUT2D eigenvalue weighted by Gasteiger charge is -2.07. The molecule has 0 atom stereocenters. The highest BCUT2D eigenvalue weighted by Crippen LogP contribution is 2.21. The third-order valence-corrected chi connectivity index (χ3v) is 1.93. The fraction of sp³-hybridized carbons (Fsp3) is 0.300. The standard InChI is InChI=1S/C10H11NO2/c1-8-9(6-11-7-12)4-3-5-10(8)13-2/h3-5H,6H2,1-2H3. The van der Waals surface area contributed by atoms with Gasteiger partial charge in [0.1, 0.15) is 5.75 Å². The van der Waals surface area contributed by atoms with Crippen molar-refractivity contribution >= 4 is 6.08 Å². The molecule has 0 saturated carbocycles. The summed E-state index contributed by atoms with van der Waals surface area (Å²) >= 11 is 0. The Kier molecular flexibility index (Phi) is 3.23. The molecule has 0 spiro atoms. The van der Waals surface area contributed by atoms with Gasteiger partial charge in [0.15, 0.2) is 0 Å². The van der Waals surface area contributed by atoms with Crippen molar-refractivity contribution in [3.05, 3.63) is 29.3 Å². The third kappa shape index (κ3) is 2.17. The Bertz CT molecular complexity index is 341.